The number of ether oxygens (including phenoxy) is 3. The molecule has 0 aliphatic carbocycles. The molecule has 2 heterocycles. The molecule has 0 spiro atoms. The van der Waals surface area contributed by atoms with Crippen LogP contribution >= 0.6 is 0 Å². The highest BCUT2D eigenvalue weighted by Gasteiger charge is 2.18. The zero-order valence-electron chi connectivity index (χ0n) is 17.1. The monoisotopic (exact) mass is 400 g/mol. The lowest BCUT2D eigenvalue weighted by Crippen LogP contribution is -2.39. The smallest absolute Gasteiger partial charge is 0.315 e. The minimum atomic E-state index is -0.265. The largest absolute Gasteiger partial charge is 0.497 e. The first kappa shape index (κ1) is 20.7. The van der Waals surface area contributed by atoms with Crippen LogP contribution in [0.1, 0.15) is 24.1 Å². The van der Waals surface area contributed by atoms with Crippen molar-refractivity contribution in [2.45, 2.75) is 19.5 Å². The van der Waals surface area contributed by atoms with Gasteiger partial charge in [0.2, 0.25) is 0 Å². The standard InChI is InChI=1S/C21H28N4O4/c1-15(18-13-17(27-2)6-7-19(18)28-3)24-21(26)23-14-16-5-4-8-22-20(16)25-9-11-29-12-10-25/h4-8,13,15H,9-12,14H2,1-3H3,(H2,23,24,26). The fourth-order valence-corrected chi connectivity index (χ4v) is 3.31. The lowest BCUT2D eigenvalue weighted by atomic mass is 10.1. The first-order chi connectivity index (χ1) is 14.1. The Bertz CT molecular complexity index is 824. The topological polar surface area (TPSA) is 85.0 Å². The van der Waals surface area contributed by atoms with Crippen LogP contribution in [0.25, 0.3) is 0 Å². The van der Waals surface area contributed by atoms with E-state index in [0.717, 1.165) is 30.0 Å². The quantitative estimate of drug-likeness (QED) is 0.743. The number of carbonyl (C=O) groups is 1. The van der Waals surface area contributed by atoms with Crippen molar-refractivity contribution in [3.8, 4) is 11.5 Å². The van der Waals surface area contributed by atoms with Crippen LogP contribution in [0.3, 0.4) is 0 Å². The van der Waals surface area contributed by atoms with Gasteiger partial charge in [-0.05, 0) is 31.2 Å². The Hall–Kier alpha value is -3.00. The summed E-state index contributed by atoms with van der Waals surface area (Å²) < 4.78 is 16.1. The normalized spacial score (nSPS) is 14.8. The van der Waals surface area contributed by atoms with Gasteiger partial charge in [-0.1, -0.05) is 6.07 Å². The van der Waals surface area contributed by atoms with Crippen LogP contribution in [0.5, 0.6) is 11.5 Å². The van der Waals surface area contributed by atoms with Gasteiger partial charge >= 0.3 is 6.03 Å². The van der Waals surface area contributed by atoms with Crippen molar-refractivity contribution in [1.29, 1.82) is 0 Å². The minimum absolute atomic E-state index is 0.257. The van der Waals surface area contributed by atoms with Crippen molar-refractivity contribution >= 4 is 11.8 Å². The summed E-state index contributed by atoms with van der Waals surface area (Å²) in [7, 11) is 3.21. The second kappa shape index (κ2) is 9.97. The summed E-state index contributed by atoms with van der Waals surface area (Å²) in [5.74, 6) is 2.29. The molecule has 1 atom stereocenters. The number of benzene rings is 1. The Morgan fingerprint density at radius 1 is 1.24 bits per heavy atom. The molecular weight excluding hydrogens is 372 g/mol. The van der Waals surface area contributed by atoms with E-state index >= 15 is 0 Å². The van der Waals surface area contributed by atoms with Gasteiger partial charge in [-0.3, -0.25) is 0 Å². The number of morpholine rings is 1. The molecule has 1 aliphatic heterocycles. The Morgan fingerprint density at radius 2 is 2.03 bits per heavy atom. The Balaban J connectivity index is 1.62. The third-order valence-corrected chi connectivity index (χ3v) is 4.87. The van der Waals surface area contributed by atoms with Crippen LogP contribution in [0.2, 0.25) is 0 Å². The number of rotatable bonds is 7. The molecule has 3 rings (SSSR count). The fourth-order valence-electron chi connectivity index (χ4n) is 3.31. The van der Waals surface area contributed by atoms with Crippen LogP contribution in [0.4, 0.5) is 10.6 Å². The van der Waals surface area contributed by atoms with Gasteiger partial charge < -0.3 is 29.7 Å². The summed E-state index contributed by atoms with van der Waals surface area (Å²) in [6.07, 6.45) is 1.77. The number of nitrogens with zero attached hydrogens (tertiary/aromatic N) is 2. The second-order valence-corrected chi connectivity index (χ2v) is 6.74. The molecule has 2 amide bonds. The van der Waals surface area contributed by atoms with Crippen molar-refractivity contribution in [3.05, 3.63) is 47.7 Å². The number of amides is 2. The van der Waals surface area contributed by atoms with E-state index in [1.54, 1.807) is 20.4 Å². The first-order valence-corrected chi connectivity index (χ1v) is 9.65. The molecule has 156 valence electrons. The Kier molecular flexibility index (Phi) is 7.13. The first-order valence-electron chi connectivity index (χ1n) is 9.65. The summed E-state index contributed by atoms with van der Waals surface area (Å²) in [5, 5.41) is 5.88. The molecule has 1 saturated heterocycles. The molecule has 8 nitrogen and oxygen atoms in total. The van der Waals surface area contributed by atoms with E-state index in [1.807, 2.05) is 37.3 Å². The third kappa shape index (κ3) is 5.29. The minimum Gasteiger partial charge on any atom is -0.497 e. The van der Waals surface area contributed by atoms with E-state index in [-0.39, 0.29) is 12.1 Å². The Labute approximate surface area is 171 Å². The van der Waals surface area contributed by atoms with E-state index < -0.39 is 0 Å². The molecule has 29 heavy (non-hydrogen) atoms. The number of methoxy groups -OCH3 is 2. The van der Waals surface area contributed by atoms with Gasteiger partial charge in [0, 0.05) is 37.0 Å². The van der Waals surface area contributed by atoms with Crippen LogP contribution in [-0.4, -0.2) is 51.5 Å². The molecule has 1 aromatic carbocycles. The van der Waals surface area contributed by atoms with Gasteiger partial charge in [0.05, 0.1) is 33.5 Å². The van der Waals surface area contributed by atoms with E-state index in [9.17, 15) is 4.79 Å². The highest BCUT2D eigenvalue weighted by molar-refractivity contribution is 5.74. The van der Waals surface area contributed by atoms with Crippen molar-refractivity contribution in [2.24, 2.45) is 0 Å². The summed E-state index contributed by atoms with van der Waals surface area (Å²) in [6.45, 7) is 5.24. The molecule has 1 aromatic heterocycles. The van der Waals surface area contributed by atoms with Gasteiger partial charge in [-0.15, -0.1) is 0 Å². The third-order valence-electron chi connectivity index (χ3n) is 4.87. The lowest BCUT2D eigenvalue weighted by molar-refractivity contribution is 0.122. The zero-order chi connectivity index (χ0) is 20.6. The summed E-state index contributed by atoms with van der Waals surface area (Å²) in [5.41, 5.74) is 1.81. The van der Waals surface area contributed by atoms with E-state index in [1.165, 1.54) is 0 Å². The highest BCUT2D eigenvalue weighted by atomic mass is 16.5. The summed E-state index contributed by atoms with van der Waals surface area (Å²) in [4.78, 5) is 19.2. The van der Waals surface area contributed by atoms with Crippen molar-refractivity contribution in [3.63, 3.8) is 0 Å². The van der Waals surface area contributed by atoms with Crippen LogP contribution < -0.4 is 25.0 Å². The van der Waals surface area contributed by atoms with Crippen molar-refractivity contribution < 1.29 is 19.0 Å². The molecule has 0 bridgehead atoms. The maximum atomic E-state index is 12.5. The Morgan fingerprint density at radius 3 is 2.76 bits per heavy atom. The maximum Gasteiger partial charge on any atom is 0.315 e. The number of nitrogens with one attached hydrogen (secondary N) is 2. The molecular formula is C21H28N4O4. The number of carbonyl (C=O) groups excluding carboxylic acids is 1. The van der Waals surface area contributed by atoms with Crippen LogP contribution in [0, 0.1) is 0 Å². The predicted octanol–water partition coefficient (Wildman–Crippen LogP) is 2.50. The second-order valence-electron chi connectivity index (χ2n) is 6.74. The zero-order valence-corrected chi connectivity index (χ0v) is 17.1. The highest BCUT2D eigenvalue weighted by Crippen LogP contribution is 2.29. The van der Waals surface area contributed by atoms with E-state index in [0.29, 0.717) is 31.3 Å². The number of hydrogen-bond donors (Lipinski definition) is 2. The van der Waals surface area contributed by atoms with Crippen molar-refractivity contribution in [2.75, 3.05) is 45.4 Å². The molecule has 2 N–H and O–H groups in total. The number of anilines is 1. The number of urea groups is 1. The number of pyridine rings is 1. The van der Waals surface area contributed by atoms with Gasteiger partial charge in [-0.25, -0.2) is 9.78 Å². The van der Waals surface area contributed by atoms with Crippen LogP contribution in [-0.2, 0) is 11.3 Å². The van der Waals surface area contributed by atoms with Gasteiger partial charge in [0.15, 0.2) is 0 Å². The maximum absolute atomic E-state index is 12.5. The summed E-state index contributed by atoms with van der Waals surface area (Å²) in [6, 6.07) is 8.85. The molecule has 1 fully saturated rings. The van der Waals surface area contributed by atoms with Gasteiger partial charge in [0.1, 0.15) is 17.3 Å². The SMILES string of the molecule is COc1ccc(OC)c(C(C)NC(=O)NCc2cccnc2N2CCOCC2)c1. The average Bonchev–Trinajstić information content (AvgIpc) is 2.78. The molecule has 1 aliphatic rings. The van der Waals surface area contributed by atoms with Gasteiger partial charge in [-0.2, -0.15) is 0 Å². The molecule has 1 unspecified atom stereocenters. The number of aromatic nitrogens is 1. The summed E-state index contributed by atoms with van der Waals surface area (Å²) >= 11 is 0. The van der Waals surface area contributed by atoms with Crippen LogP contribution in [0.15, 0.2) is 36.5 Å². The predicted molar refractivity (Wildman–Crippen MR) is 111 cm³/mol. The van der Waals surface area contributed by atoms with Gasteiger partial charge in [0.25, 0.3) is 0 Å². The lowest BCUT2D eigenvalue weighted by Gasteiger charge is -2.29. The fraction of sp³-hybridized carbons (Fsp3) is 0.429. The number of hydrogen-bond acceptors (Lipinski definition) is 6. The molecule has 0 radical (unpaired) electrons. The average molecular weight is 400 g/mol. The molecule has 0 saturated carbocycles. The van der Waals surface area contributed by atoms with E-state index in [4.69, 9.17) is 14.2 Å². The van der Waals surface area contributed by atoms with E-state index in [2.05, 4.69) is 20.5 Å². The van der Waals surface area contributed by atoms with Crippen molar-refractivity contribution in [1.82, 2.24) is 15.6 Å². The molecule has 8 heteroatoms. The molecule has 2 aromatic rings.